The summed E-state index contributed by atoms with van der Waals surface area (Å²) in [5, 5.41) is 17.6. The zero-order valence-electron chi connectivity index (χ0n) is 28.8. The molecule has 3 aromatic heterocycles. The average Bonchev–Trinajstić information content (AvgIpc) is 3.83. The lowest BCUT2D eigenvalue weighted by Gasteiger charge is -2.23. The van der Waals surface area contributed by atoms with E-state index >= 15 is 0 Å². The van der Waals surface area contributed by atoms with Crippen LogP contribution in [-0.4, -0.2) is 69.9 Å². The topological polar surface area (TPSA) is 170 Å². The molecule has 0 saturated heterocycles. The maximum Gasteiger partial charge on any atom is 0.276 e. The molecule has 260 valence electrons. The SMILES string of the molecule is CCn1nc(C)c2c1C(=O)Nc1nc3cc(C(N)=O)ccc3n1CCCCn1c(nc3ccccc31)NC(=O)C1CC(C)=NN1CCCCC2. The lowest BCUT2D eigenvalue weighted by molar-refractivity contribution is -0.120. The third-order valence-electron chi connectivity index (χ3n) is 9.69. The van der Waals surface area contributed by atoms with Crippen molar-refractivity contribution in [2.24, 2.45) is 10.8 Å². The highest BCUT2D eigenvalue weighted by atomic mass is 16.2. The summed E-state index contributed by atoms with van der Waals surface area (Å²) >= 11 is 0. The third kappa shape index (κ3) is 6.32. The number of hydrazone groups is 1. The number of anilines is 2. The van der Waals surface area contributed by atoms with Gasteiger partial charge in [0, 0.05) is 49.4 Å². The molecule has 0 saturated carbocycles. The van der Waals surface area contributed by atoms with Crippen molar-refractivity contribution in [1.82, 2.24) is 33.9 Å². The van der Waals surface area contributed by atoms with Gasteiger partial charge >= 0.3 is 0 Å². The summed E-state index contributed by atoms with van der Waals surface area (Å²) in [6.07, 6.45) is 5.33. The highest BCUT2D eigenvalue weighted by molar-refractivity contribution is 6.04. The van der Waals surface area contributed by atoms with Crippen LogP contribution in [0.15, 0.2) is 47.6 Å². The molecule has 2 aromatic carbocycles. The van der Waals surface area contributed by atoms with E-state index in [9.17, 15) is 14.4 Å². The van der Waals surface area contributed by atoms with Gasteiger partial charge in [0.1, 0.15) is 11.7 Å². The monoisotopic (exact) mass is 677 g/mol. The Balaban J connectivity index is 1.24. The number of aryl methyl sites for hydroxylation is 4. The van der Waals surface area contributed by atoms with Crippen LogP contribution >= 0.6 is 0 Å². The number of hydrogen-bond acceptors (Lipinski definition) is 8. The van der Waals surface area contributed by atoms with E-state index in [1.54, 1.807) is 16.8 Å². The van der Waals surface area contributed by atoms with Gasteiger partial charge in [0.15, 0.2) is 0 Å². The zero-order valence-corrected chi connectivity index (χ0v) is 28.8. The van der Waals surface area contributed by atoms with Crippen LogP contribution in [0.3, 0.4) is 0 Å². The summed E-state index contributed by atoms with van der Waals surface area (Å²) in [5.74, 6) is -0.0249. The molecule has 0 bridgehead atoms. The van der Waals surface area contributed by atoms with Crippen molar-refractivity contribution < 1.29 is 14.4 Å². The number of benzene rings is 2. The number of carbonyl (C=O) groups excluding carboxylic acids is 3. The number of nitrogens with zero attached hydrogens (tertiary/aromatic N) is 8. The Morgan fingerprint density at radius 3 is 2.34 bits per heavy atom. The van der Waals surface area contributed by atoms with Crippen LogP contribution in [0, 0.1) is 6.92 Å². The number of nitrogens with two attached hydrogens (primary N) is 1. The van der Waals surface area contributed by atoms with Crippen molar-refractivity contribution in [2.75, 3.05) is 17.2 Å². The highest BCUT2D eigenvalue weighted by Gasteiger charge is 2.32. The van der Waals surface area contributed by atoms with Crippen molar-refractivity contribution in [3.8, 4) is 0 Å². The molecule has 0 spiro atoms. The van der Waals surface area contributed by atoms with Gasteiger partial charge in [-0.05, 0) is 83.2 Å². The third-order valence-corrected chi connectivity index (χ3v) is 9.69. The summed E-state index contributed by atoms with van der Waals surface area (Å²) in [6.45, 7) is 8.23. The molecule has 0 aliphatic carbocycles. The number of nitrogens with one attached hydrogen (secondary N) is 2. The standard InChI is InChI=1S/C36H43N11O3/c1-4-46-31-25(23(3)43-46)12-6-5-9-19-47-30(20-22(2)42-47)33(49)40-35-38-26-13-7-8-14-28(26)44(35)17-10-11-18-45-29-16-15-24(32(37)48)21-27(29)39-36(45)41-34(31)50/h7-8,13-16,21,30H,4-6,9-12,17-20H2,1-3H3,(H2,37,48)(H,38,40,49)(H,39,41,50). The second-order valence-electron chi connectivity index (χ2n) is 13.1. The molecule has 0 radical (unpaired) electrons. The minimum absolute atomic E-state index is 0.116. The number of fused-ring (bicyclic) bond motifs is 8. The van der Waals surface area contributed by atoms with E-state index in [0.717, 1.165) is 65.6 Å². The average molecular weight is 678 g/mol. The minimum Gasteiger partial charge on any atom is -0.366 e. The van der Waals surface area contributed by atoms with Gasteiger partial charge in [-0.25, -0.2) is 9.97 Å². The van der Waals surface area contributed by atoms with Crippen LogP contribution in [-0.2, 0) is 30.8 Å². The molecule has 50 heavy (non-hydrogen) atoms. The van der Waals surface area contributed by atoms with Crippen LogP contribution in [0.1, 0.15) is 84.5 Å². The fraction of sp³-hybridized carbons (Fsp3) is 0.417. The van der Waals surface area contributed by atoms with E-state index in [0.29, 0.717) is 67.7 Å². The smallest absolute Gasteiger partial charge is 0.276 e. The molecule has 4 N–H and O–H groups in total. The van der Waals surface area contributed by atoms with E-state index in [1.165, 1.54) is 0 Å². The molecule has 3 amide bonds. The lowest BCUT2D eigenvalue weighted by atomic mass is 10.0. The summed E-state index contributed by atoms with van der Waals surface area (Å²) in [4.78, 5) is 49.4. The van der Waals surface area contributed by atoms with Crippen molar-refractivity contribution in [1.29, 1.82) is 0 Å². The van der Waals surface area contributed by atoms with Crippen LogP contribution in [0.25, 0.3) is 22.1 Å². The van der Waals surface area contributed by atoms with Gasteiger partial charge in [-0.1, -0.05) is 18.6 Å². The van der Waals surface area contributed by atoms with Crippen LogP contribution < -0.4 is 16.4 Å². The number of hydrogen-bond donors (Lipinski definition) is 3. The predicted molar refractivity (Wildman–Crippen MR) is 192 cm³/mol. The van der Waals surface area contributed by atoms with Crippen molar-refractivity contribution >= 4 is 57.4 Å². The van der Waals surface area contributed by atoms with Crippen molar-refractivity contribution in [3.05, 3.63) is 65.0 Å². The fourth-order valence-electron chi connectivity index (χ4n) is 7.20. The lowest BCUT2D eigenvalue weighted by Crippen LogP contribution is -2.39. The highest BCUT2D eigenvalue weighted by Crippen LogP contribution is 2.27. The van der Waals surface area contributed by atoms with Gasteiger partial charge < -0.3 is 14.9 Å². The van der Waals surface area contributed by atoms with E-state index in [-0.39, 0.29) is 11.8 Å². The van der Waals surface area contributed by atoms with Gasteiger partial charge in [0.2, 0.25) is 17.8 Å². The number of aromatic nitrogens is 6. The first kappa shape index (κ1) is 33.0. The Bertz CT molecular complexity index is 2140. The minimum atomic E-state index is -0.544. The van der Waals surface area contributed by atoms with E-state index in [1.807, 2.05) is 60.7 Å². The van der Waals surface area contributed by atoms with Gasteiger partial charge in [-0.3, -0.25) is 34.7 Å². The number of para-hydroxylation sites is 2. The molecule has 5 heterocycles. The Labute approximate surface area is 289 Å². The molecule has 1 unspecified atom stereocenters. The Hall–Kier alpha value is -5.53. The van der Waals surface area contributed by atoms with Gasteiger partial charge in [-0.2, -0.15) is 10.2 Å². The van der Waals surface area contributed by atoms with Crippen LogP contribution in [0.4, 0.5) is 11.9 Å². The molecular formula is C36H43N11O3. The molecule has 14 heteroatoms. The molecule has 2 aliphatic rings. The largest absolute Gasteiger partial charge is 0.366 e. The quantitative estimate of drug-likeness (QED) is 0.240. The number of imidazole rings is 2. The van der Waals surface area contributed by atoms with Crippen LogP contribution in [0.2, 0.25) is 0 Å². The fourth-order valence-corrected chi connectivity index (χ4v) is 7.20. The molecular weight excluding hydrogens is 634 g/mol. The van der Waals surface area contributed by atoms with E-state index in [2.05, 4.69) is 15.2 Å². The molecule has 2 aliphatic heterocycles. The first-order valence-electron chi connectivity index (χ1n) is 17.5. The normalized spacial score (nSPS) is 18.0. The summed E-state index contributed by atoms with van der Waals surface area (Å²) in [6, 6.07) is 12.6. The molecule has 5 aromatic rings. The number of primary amides is 1. The van der Waals surface area contributed by atoms with Crippen molar-refractivity contribution in [3.63, 3.8) is 0 Å². The first-order valence-corrected chi connectivity index (χ1v) is 17.5. The number of amides is 3. The van der Waals surface area contributed by atoms with E-state index < -0.39 is 11.9 Å². The van der Waals surface area contributed by atoms with E-state index in [4.69, 9.17) is 25.9 Å². The second kappa shape index (κ2) is 13.8. The molecule has 7 rings (SSSR count). The Kier molecular flexibility index (Phi) is 9.08. The number of carbonyl (C=O) groups is 3. The maximum absolute atomic E-state index is 14.1. The van der Waals surface area contributed by atoms with Gasteiger partial charge in [0.05, 0.1) is 27.8 Å². The van der Waals surface area contributed by atoms with Gasteiger partial charge in [0.25, 0.3) is 11.8 Å². The summed E-state index contributed by atoms with van der Waals surface area (Å²) in [5.41, 5.74) is 12.2. The van der Waals surface area contributed by atoms with Crippen LogP contribution in [0.5, 0.6) is 0 Å². The molecule has 0 fully saturated rings. The summed E-state index contributed by atoms with van der Waals surface area (Å²) in [7, 11) is 0. The maximum atomic E-state index is 14.1. The number of rotatable bonds is 2. The second-order valence-corrected chi connectivity index (χ2v) is 13.1. The van der Waals surface area contributed by atoms with Crippen molar-refractivity contribution in [2.45, 2.75) is 91.4 Å². The Morgan fingerprint density at radius 2 is 1.58 bits per heavy atom. The predicted octanol–water partition coefficient (Wildman–Crippen LogP) is 4.86. The summed E-state index contributed by atoms with van der Waals surface area (Å²) < 4.78 is 5.80. The molecule has 1 atom stereocenters. The Morgan fingerprint density at radius 1 is 0.880 bits per heavy atom. The van der Waals surface area contributed by atoms with Gasteiger partial charge in [-0.15, -0.1) is 0 Å². The zero-order chi connectivity index (χ0) is 34.9. The first-order chi connectivity index (χ1) is 24.2. The molecule has 14 nitrogen and oxygen atoms in total.